The molecule has 1 aliphatic rings. The third-order valence-corrected chi connectivity index (χ3v) is 5.20. The van der Waals surface area contributed by atoms with E-state index in [0.29, 0.717) is 0 Å². The summed E-state index contributed by atoms with van der Waals surface area (Å²) >= 11 is 0. The van der Waals surface area contributed by atoms with Crippen LogP contribution < -0.4 is 20.8 Å². The van der Waals surface area contributed by atoms with Crippen molar-refractivity contribution in [3.05, 3.63) is 58.3 Å². The van der Waals surface area contributed by atoms with Gasteiger partial charge in [0.1, 0.15) is 18.0 Å². The average Bonchev–Trinajstić information content (AvgIpc) is 2.91. The summed E-state index contributed by atoms with van der Waals surface area (Å²) in [5.74, 6) is 0. The fraction of sp³-hybridized carbons (Fsp3) is 0.250. The SMILES string of the molecule is CC1=c2oc3ccccc3c2=CN(C)B1c1cc(C)c(C)c[n+]1C. The maximum atomic E-state index is 6.19. The Morgan fingerprint density at radius 2 is 1.83 bits per heavy atom. The number of hydrogen-bond donors (Lipinski definition) is 0. The lowest BCUT2D eigenvalue weighted by atomic mass is 9.50. The first-order valence-corrected chi connectivity index (χ1v) is 8.36. The maximum absolute atomic E-state index is 6.19. The van der Waals surface area contributed by atoms with Crippen molar-refractivity contribution in [3.8, 4) is 0 Å². The van der Waals surface area contributed by atoms with Gasteiger partial charge in [0.2, 0.25) is 0 Å². The molecular weight excluding hydrogens is 295 g/mol. The molecule has 0 fully saturated rings. The Morgan fingerprint density at radius 3 is 2.62 bits per heavy atom. The lowest BCUT2D eigenvalue weighted by Crippen LogP contribution is -2.62. The first-order chi connectivity index (χ1) is 11.5. The van der Waals surface area contributed by atoms with E-state index in [9.17, 15) is 0 Å². The fourth-order valence-electron chi connectivity index (χ4n) is 3.80. The highest BCUT2D eigenvalue weighted by molar-refractivity contribution is 6.85. The largest absolute Gasteiger partial charge is 0.457 e. The number of fused-ring (bicyclic) bond motifs is 3. The van der Waals surface area contributed by atoms with Gasteiger partial charge in [-0.15, -0.1) is 0 Å². The number of rotatable bonds is 1. The molecule has 120 valence electrons. The van der Waals surface area contributed by atoms with Crippen LogP contribution in [-0.2, 0) is 7.05 Å². The molecule has 1 aliphatic heterocycles. The van der Waals surface area contributed by atoms with Crippen LogP contribution in [0, 0.1) is 13.8 Å². The predicted octanol–water partition coefficient (Wildman–Crippen LogP) is 1.17. The molecule has 3 heterocycles. The number of para-hydroxylation sites is 1. The highest BCUT2D eigenvalue weighted by Gasteiger charge is 2.35. The standard InChI is InChI=1S/C20H22BN2O/c1-13-10-19(22(4)11-14(13)2)21-15(3)20-17(12-23(21)5)16-8-6-7-9-18(16)24-20/h6-12H,1-5H3/q+1. The summed E-state index contributed by atoms with van der Waals surface area (Å²) in [5.41, 5.74) is 7.13. The van der Waals surface area contributed by atoms with Crippen molar-refractivity contribution < 1.29 is 8.98 Å². The van der Waals surface area contributed by atoms with Crippen molar-refractivity contribution in [2.45, 2.75) is 20.8 Å². The van der Waals surface area contributed by atoms with Crippen LogP contribution in [0.3, 0.4) is 0 Å². The van der Waals surface area contributed by atoms with Crippen LogP contribution in [0.1, 0.15) is 18.1 Å². The summed E-state index contributed by atoms with van der Waals surface area (Å²) < 4.78 is 8.42. The van der Waals surface area contributed by atoms with Gasteiger partial charge >= 0.3 is 6.85 Å². The van der Waals surface area contributed by atoms with Gasteiger partial charge in [-0.1, -0.05) is 18.2 Å². The van der Waals surface area contributed by atoms with Crippen LogP contribution in [0.25, 0.3) is 22.6 Å². The molecule has 3 aromatic rings. The van der Waals surface area contributed by atoms with Crippen LogP contribution in [0.2, 0.25) is 0 Å². The van der Waals surface area contributed by atoms with Gasteiger partial charge in [-0.3, -0.25) is 0 Å². The molecule has 4 heteroatoms. The van der Waals surface area contributed by atoms with E-state index in [4.69, 9.17) is 4.42 Å². The summed E-state index contributed by atoms with van der Waals surface area (Å²) in [4.78, 5) is 2.30. The normalized spacial score (nSPS) is 14.1. The molecule has 0 atom stereocenters. The Hall–Kier alpha value is -2.49. The summed E-state index contributed by atoms with van der Waals surface area (Å²) in [5, 5.41) is 2.37. The molecule has 0 amide bonds. The van der Waals surface area contributed by atoms with E-state index >= 15 is 0 Å². The van der Waals surface area contributed by atoms with Crippen LogP contribution in [-0.4, -0.2) is 18.7 Å². The molecule has 0 radical (unpaired) electrons. The molecular formula is C20H22BN2O+. The second-order valence-corrected chi connectivity index (χ2v) is 6.90. The number of benzene rings is 1. The van der Waals surface area contributed by atoms with Crippen molar-refractivity contribution in [3.63, 3.8) is 0 Å². The van der Waals surface area contributed by atoms with Gasteiger partial charge in [-0.2, -0.15) is 0 Å². The zero-order valence-corrected chi connectivity index (χ0v) is 14.9. The van der Waals surface area contributed by atoms with Crippen LogP contribution in [0.4, 0.5) is 0 Å². The van der Waals surface area contributed by atoms with E-state index in [2.05, 4.69) is 74.8 Å². The molecule has 24 heavy (non-hydrogen) atoms. The Bertz CT molecular complexity index is 1080. The van der Waals surface area contributed by atoms with E-state index < -0.39 is 0 Å². The molecule has 0 saturated carbocycles. The molecule has 2 aromatic heterocycles. The van der Waals surface area contributed by atoms with Gasteiger partial charge in [0, 0.05) is 22.2 Å². The van der Waals surface area contributed by atoms with Crippen molar-refractivity contribution in [2.24, 2.45) is 7.05 Å². The van der Waals surface area contributed by atoms with Crippen LogP contribution in [0.15, 0.2) is 40.9 Å². The minimum absolute atomic E-state index is 0.183. The molecule has 0 N–H and O–H groups in total. The first-order valence-electron chi connectivity index (χ1n) is 8.36. The Balaban J connectivity index is 2.01. The van der Waals surface area contributed by atoms with Gasteiger partial charge in [0.15, 0.2) is 11.8 Å². The highest BCUT2D eigenvalue weighted by Crippen LogP contribution is 2.13. The zero-order chi connectivity index (χ0) is 17.0. The van der Waals surface area contributed by atoms with Crippen molar-refractivity contribution in [2.75, 3.05) is 7.05 Å². The van der Waals surface area contributed by atoms with E-state index in [1.807, 2.05) is 12.1 Å². The second kappa shape index (κ2) is 5.27. The number of pyridine rings is 1. The molecule has 0 saturated heterocycles. The van der Waals surface area contributed by atoms with Gasteiger partial charge < -0.3 is 9.23 Å². The Labute approximate surface area is 142 Å². The predicted molar refractivity (Wildman–Crippen MR) is 99.3 cm³/mol. The summed E-state index contributed by atoms with van der Waals surface area (Å²) in [6, 6.07) is 10.6. The van der Waals surface area contributed by atoms with E-state index in [0.717, 1.165) is 11.0 Å². The van der Waals surface area contributed by atoms with Gasteiger partial charge in [-0.25, -0.2) is 4.57 Å². The second-order valence-electron chi connectivity index (χ2n) is 6.90. The topological polar surface area (TPSA) is 20.3 Å². The third kappa shape index (κ3) is 2.09. The Morgan fingerprint density at radius 1 is 1.08 bits per heavy atom. The highest BCUT2D eigenvalue weighted by atomic mass is 16.3. The number of hydrogen-bond acceptors (Lipinski definition) is 2. The van der Waals surface area contributed by atoms with E-state index in [1.165, 1.54) is 32.8 Å². The molecule has 0 aliphatic carbocycles. The van der Waals surface area contributed by atoms with Crippen LogP contribution in [0.5, 0.6) is 0 Å². The zero-order valence-electron chi connectivity index (χ0n) is 14.9. The molecule has 0 bridgehead atoms. The lowest BCUT2D eigenvalue weighted by Gasteiger charge is -2.24. The van der Waals surface area contributed by atoms with Gasteiger partial charge in [0.05, 0.1) is 0 Å². The quantitative estimate of drug-likeness (QED) is 0.496. The average molecular weight is 317 g/mol. The van der Waals surface area contributed by atoms with Crippen molar-refractivity contribution in [1.82, 2.24) is 4.81 Å². The summed E-state index contributed by atoms with van der Waals surface area (Å²) in [6.45, 7) is 6.70. The molecule has 0 spiro atoms. The Kier molecular flexibility index (Phi) is 3.31. The van der Waals surface area contributed by atoms with Gasteiger partial charge in [-0.05, 0) is 51.1 Å². The number of furan rings is 1. The number of aryl methyl sites for hydroxylation is 3. The summed E-state index contributed by atoms with van der Waals surface area (Å²) in [6.07, 6.45) is 4.42. The van der Waals surface area contributed by atoms with E-state index in [1.54, 1.807) is 0 Å². The number of aromatic nitrogens is 1. The minimum atomic E-state index is 0.183. The van der Waals surface area contributed by atoms with Gasteiger partial charge in [0.25, 0.3) is 0 Å². The third-order valence-electron chi connectivity index (χ3n) is 5.20. The van der Waals surface area contributed by atoms with Crippen LogP contribution >= 0.6 is 0 Å². The summed E-state index contributed by atoms with van der Waals surface area (Å²) in [7, 11) is 4.27. The molecule has 0 unspecified atom stereocenters. The lowest BCUT2D eigenvalue weighted by molar-refractivity contribution is -0.654. The smallest absolute Gasteiger partial charge is 0.402 e. The minimum Gasteiger partial charge on any atom is -0.457 e. The number of nitrogens with zero attached hydrogens (tertiary/aromatic N) is 2. The monoisotopic (exact) mass is 317 g/mol. The van der Waals surface area contributed by atoms with Crippen molar-refractivity contribution >= 4 is 35.1 Å². The molecule has 4 rings (SSSR count). The molecule has 1 aromatic carbocycles. The van der Waals surface area contributed by atoms with E-state index in [-0.39, 0.29) is 6.85 Å². The first kappa shape index (κ1) is 15.1. The van der Waals surface area contributed by atoms with Crippen molar-refractivity contribution in [1.29, 1.82) is 0 Å². The molecule has 3 nitrogen and oxygen atoms in total. The fourth-order valence-corrected chi connectivity index (χ4v) is 3.80. The maximum Gasteiger partial charge on any atom is 0.402 e.